The fraction of sp³-hybridized carbons (Fsp3) is 0.217. The van der Waals surface area contributed by atoms with Gasteiger partial charge in [0.05, 0.1) is 0 Å². The van der Waals surface area contributed by atoms with E-state index in [4.69, 9.17) is 18.1 Å². The zero-order valence-corrected chi connectivity index (χ0v) is 63.5. The molecule has 0 amide bonds. The first-order valence-corrected chi connectivity index (χ1v) is 40.1. The molecule has 12 aromatic carbocycles. The molecule has 0 radical (unpaired) electrons. The van der Waals surface area contributed by atoms with E-state index in [2.05, 4.69) is 374 Å². The van der Waals surface area contributed by atoms with Gasteiger partial charge >= 0.3 is 0 Å². The Morgan fingerprint density at radius 1 is 0.190 bits per heavy atom. The second-order valence-corrected chi connectivity index (χ2v) is 37.6. The van der Waals surface area contributed by atoms with Crippen molar-refractivity contribution in [1.29, 1.82) is 0 Å². The van der Waals surface area contributed by atoms with E-state index >= 15 is 0 Å². The smallest absolute Gasteiger partial charge is 0.150 e. The van der Waals surface area contributed by atoms with Crippen molar-refractivity contribution in [3.8, 4) is 23.0 Å². The molecular weight excluding hydrogens is 1290 g/mol. The summed E-state index contributed by atoms with van der Waals surface area (Å²) in [7, 11) is -5.71. The molecular formula is C92H92O4P4. The van der Waals surface area contributed by atoms with Crippen LogP contribution in [0.1, 0.15) is 150 Å². The molecule has 0 aliphatic heterocycles. The van der Waals surface area contributed by atoms with Crippen LogP contribution in [0.5, 0.6) is 23.0 Å². The predicted octanol–water partition coefficient (Wildman–Crippen LogP) is 21.3. The highest BCUT2D eigenvalue weighted by molar-refractivity contribution is 7.70. The summed E-state index contributed by atoms with van der Waals surface area (Å²) in [6.07, 6.45) is 2.02. The maximum Gasteiger partial charge on any atom is 0.150 e. The van der Waals surface area contributed by atoms with Crippen molar-refractivity contribution in [2.75, 3.05) is 0 Å². The zero-order chi connectivity index (χ0) is 69.8. The standard InChI is InChI=1S/C92H92O4P4/c1-89(2,3)73-57-65-53-67-59-74(90(4,5)6)61-69(86(67)94-98(79-41-25-15-26-42-79)80-43-27-16-28-44-80)55-71-63-76(92(10,11)12)64-72(88(71)96-100(83-49-33-19-34-50-83)84-51-35-20-36-52-84)56-70-62-75(91(7,8)9)60-68(87(70)95-99(81-45-29-17-30-46-81)82-47-31-18-32-48-82)54-66(58-73)85(65)93-97(77-37-21-13-22-38-77)78-39-23-14-24-40-78/h13-52,57-64H,53-56H2,1-12H3. The summed E-state index contributed by atoms with van der Waals surface area (Å²) in [6, 6.07) is 107. The highest BCUT2D eigenvalue weighted by Gasteiger charge is 2.34. The summed E-state index contributed by atoms with van der Waals surface area (Å²) >= 11 is 0. The third-order valence-electron chi connectivity index (χ3n) is 18.6. The van der Waals surface area contributed by atoms with Gasteiger partial charge in [-0.2, -0.15) is 0 Å². The first-order valence-electron chi connectivity index (χ1n) is 35.1. The van der Waals surface area contributed by atoms with Crippen LogP contribution in [0.4, 0.5) is 0 Å². The maximum absolute atomic E-state index is 8.20. The highest BCUT2D eigenvalue weighted by atomic mass is 31.1. The molecule has 1 aliphatic rings. The summed E-state index contributed by atoms with van der Waals surface area (Å²) < 4.78 is 32.8. The lowest BCUT2D eigenvalue weighted by molar-refractivity contribution is 0.567. The summed E-state index contributed by atoms with van der Waals surface area (Å²) in [4.78, 5) is 0. The maximum atomic E-state index is 8.20. The van der Waals surface area contributed by atoms with Gasteiger partial charge in [-0.3, -0.25) is 0 Å². The van der Waals surface area contributed by atoms with Crippen molar-refractivity contribution in [3.63, 3.8) is 0 Å². The van der Waals surface area contributed by atoms with Crippen LogP contribution in [0.2, 0.25) is 0 Å². The van der Waals surface area contributed by atoms with Gasteiger partial charge < -0.3 is 18.1 Å². The van der Waals surface area contributed by atoms with Crippen molar-refractivity contribution < 1.29 is 18.1 Å². The first-order chi connectivity index (χ1) is 48.1. The van der Waals surface area contributed by atoms with Gasteiger partial charge in [0, 0.05) is 68.1 Å². The number of benzene rings is 12. The molecule has 0 unspecified atom stereocenters. The van der Waals surface area contributed by atoms with Gasteiger partial charge in [-0.25, -0.2) is 0 Å². The SMILES string of the molecule is CC(C)(C)c1cc2c(OP(c3ccccc3)c3ccccc3)c(c1)Cc1cc(C(C)(C)C)cc(c1OP(c1ccccc1)c1ccccc1)Cc1cc(C(C)(C)C)cc(c1OP(c1ccccc1)c1ccccc1)Cc1cc(C(C)(C)C)cc(c1OP(c1ccccc1)c1ccccc1)C2. The molecule has 13 rings (SSSR count). The molecule has 100 heavy (non-hydrogen) atoms. The average molecular weight is 1390 g/mol. The third kappa shape index (κ3) is 16.3. The minimum absolute atomic E-state index is 0.269. The zero-order valence-electron chi connectivity index (χ0n) is 60.0. The molecule has 0 fully saturated rings. The molecule has 0 saturated carbocycles. The summed E-state index contributed by atoms with van der Waals surface area (Å²) in [5.41, 5.74) is 12.6. The van der Waals surface area contributed by atoms with Crippen LogP contribution in [0.25, 0.3) is 0 Å². The summed E-state index contributed by atoms with van der Waals surface area (Å²) in [6.45, 7) is 28.2. The van der Waals surface area contributed by atoms with Gasteiger partial charge in [-0.1, -0.05) is 374 Å². The van der Waals surface area contributed by atoms with Crippen LogP contribution in [0, 0.1) is 0 Å². The van der Waals surface area contributed by atoms with Gasteiger partial charge in [0.25, 0.3) is 0 Å². The Morgan fingerprint density at radius 3 is 0.420 bits per heavy atom. The molecule has 1 aliphatic carbocycles. The second-order valence-electron chi connectivity index (χ2n) is 30.4. The van der Waals surface area contributed by atoms with Crippen molar-refractivity contribution in [1.82, 2.24) is 0 Å². The Labute approximate surface area is 600 Å². The van der Waals surface area contributed by atoms with E-state index in [0.29, 0.717) is 25.7 Å². The molecule has 12 aromatic rings. The van der Waals surface area contributed by atoms with Gasteiger partial charge in [-0.05, 0) is 88.4 Å². The number of hydrogen-bond donors (Lipinski definition) is 0. The molecule has 504 valence electrons. The van der Waals surface area contributed by atoms with Gasteiger partial charge in [0.15, 0.2) is 32.6 Å². The number of fused-ring (bicyclic) bond motifs is 8. The van der Waals surface area contributed by atoms with Crippen molar-refractivity contribution in [2.45, 2.75) is 130 Å². The molecule has 0 aromatic heterocycles. The monoisotopic (exact) mass is 1380 g/mol. The Kier molecular flexibility index (Phi) is 21.0. The lowest BCUT2D eigenvalue weighted by atomic mass is 9.79. The van der Waals surface area contributed by atoms with E-state index in [1.807, 2.05) is 0 Å². The lowest BCUT2D eigenvalue weighted by Crippen LogP contribution is -2.20. The van der Waals surface area contributed by atoms with E-state index < -0.39 is 32.6 Å². The molecule has 8 heteroatoms. The minimum atomic E-state index is -1.43. The van der Waals surface area contributed by atoms with Gasteiger partial charge in [-0.15, -0.1) is 0 Å². The quantitative estimate of drug-likeness (QED) is 0.0904. The fourth-order valence-corrected chi connectivity index (χ4v) is 20.2. The number of rotatable bonds is 16. The lowest BCUT2D eigenvalue weighted by Gasteiger charge is -2.31. The largest absolute Gasteiger partial charge is 0.464 e. The summed E-state index contributed by atoms with van der Waals surface area (Å²) in [5.74, 6) is 3.53. The first kappa shape index (κ1) is 70.0. The molecule has 0 spiro atoms. The van der Waals surface area contributed by atoms with Crippen molar-refractivity contribution in [2.24, 2.45) is 0 Å². The molecule has 0 saturated heterocycles. The Balaban J connectivity index is 1.19. The molecule has 0 atom stereocenters. The Hall–Kier alpha value is -8.44. The molecule has 4 nitrogen and oxygen atoms in total. The Bertz CT molecular complexity index is 3880. The van der Waals surface area contributed by atoms with E-state index in [9.17, 15) is 0 Å². The third-order valence-corrected chi connectivity index (χ3v) is 26.2. The van der Waals surface area contributed by atoms with Gasteiger partial charge in [0.2, 0.25) is 0 Å². The van der Waals surface area contributed by atoms with E-state index in [1.54, 1.807) is 0 Å². The number of hydrogen-bond acceptors (Lipinski definition) is 4. The van der Waals surface area contributed by atoms with Crippen LogP contribution >= 0.6 is 32.6 Å². The Morgan fingerprint density at radius 2 is 0.310 bits per heavy atom. The van der Waals surface area contributed by atoms with Crippen LogP contribution < -0.4 is 60.5 Å². The predicted molar refractivity (Wildman–Crippen MR) is 431 cm³/mol. The molecule has 8 bridgehead atoms. The average Bonchev–Trinajstić information content (AvgIpc) is 0.757. The second kappa shape index (κ2) is 30.0. The summed E-state index contributed by atoms with van der Waals surface area (Å²) in [5, 5.41) is 9.07. The van der Waals surface area contributed by atoms with Crippen LogP contribution in [-0.2, 0) is 47.3 Å². The minimum Gasteiger partial charge on any atom is -0.464 e. The van der Waals surface area contributed by atoms with Crippen LogP contribution in [-0.4, -0.2) is 0 Å². The van der Waals surface area contributed by atoms with E-state index in [-0.39, 0.29) is 21.7 Å². The highest BCUT2D eigenvalue weighted by Crippen LogP contribution is 2.52. The van der Waals surface area contributed by atoms with E-state index in [0.717, 1.165) is 110 Å². The van der Waals surface area contributed by atoms with Crippen molar-refractivity contribution in [3.05, 3.63) is 358 Å². The van der Waals surface area contributed by atoms with Crippen LogP contribution in [0.3, 0.4) is 0 Å². The van der Waals surface area contributed by atoms with E-state index in [1.165, 1.54) is 22.3 Å². The van der Waals surface area contributed by atoms with Crippen molar-refractivity contribution >= 4 is 75.0 Å². The topological polar surface area (TPSA) is 36.9 Å². The van der Waals surface area contributed by atoms with Crippen LogP contribution in [0.15, 0.2) is 291 Å². The molecule has 0 heterocycles. The molecule has 0 N–H and O–H groups in total. The normalized spacial score (nSPS) is 12.8. The van der Waals surface area contributed by atoms with Gasteiger partial charge in [0.1, 0.15) is 23.0 Å². The fourth-order valence-electron chi connectivity index (χ4n) is 13.0.